The van der Waals surface area contributed by atoms with E-state index in [1.165, 1.54) is 22.1 Å². The summed E-state index contributed by atoms with van der Waals surface area (Å²) in [6, 6.07) is 24.7. The predicted molar refractivity (Wildman–Crippen MR) is 160 cm³/mol. The van der Waals surface area contributed by atoms with Crippen molar-refractivity contribution in [2.75, 3.05) is 0 Å². The van der Waals surface area contributed by atoms with Gasteiger partial charge in [-0.15, -0.1) is 11.3 Å². The van der Waals surface area contributed by atoms with Gasteiger partial charge in [-0.05, 0) is 73.7 Å². The molecular weight excluding hydrogens is 502 g/mol. The van der Waals surface area contributed by atoms with E-state index in [0.717, 1.165) is 45.9 Å². The van der Waals surface area contributed by atoms with Crippen LogP contribution < -0.4 is 10.4 Å². The summed E-state index contributed by atoms with van der Waals surface area (Å²) in [6.45, 7) is 6.97. The van der Waals surface area contributed by atoms with Crippen LogP contribution in [0.25, 0.3) is 27.8 Å². The van der Waals surface area contributed by atoms with Gasteiger partial charge >= 0.3 is 0 Å². The molecule has 6 rings (SSSR count). The number of nitrogens with one attached hydrogen (secondary N) is 1. The number of hydrogen-bond acceptors (Lipinski definition) is 3. The van der Waals surface area contributed by atoms with Crippen LogP contribution in [0.4, 0.5) is 5.69 Å². The minimum absolute atomic E-state index is 0.120. The molecule has 0 aliphatic heterocycles. The molecule has 0 atom stereocenters. The first-order valence-corrected chi connectivity index (χ1v) is 14.0. The molecule has 0 fully saturated rings. The van der Waals surface area contributed by atoms with Gasteiger partial charge in [0.05, 0.1) is 17.1 Å². The summed E-state index contributed by atoms with van der Waals surface area (Å²) in [5, 5.41) is 3.40. The molecule has 0 bridgehead atoms. The summed E-state index contributed by atoms with van der Waals surface area (Å²) in [6.07, 6.45) is 2.94. The van der Waals surface area contributed by atoms with Crippen molar-refractivity contribution in [2.24, 2.45) is 12.0 Å². The van der Waals surface area contributed by atoms with Crippen molar-refractivity contribution in [1.29, 1.82) is 0 Å². The number of fused-ring (bicyclic) bond motifs is 1. The third-order valence-corrected chi connectivity index (χ3v) is 8.47. The normalized spacial score (nSPS) is 12.1. The summed E-state index contributed by atoms with van der Waals surface area (Å²) in [4.78, 5) is 22.8. The number of aromatic nitrogens is 4. The summed E-state index contributed by atoms with van der Waals surface area (Å²) in [5.74, 6) is 0. The summed E-state index contributed by atoms with van der Waals surface area (Å²) in [5.41, 5.74) is 9.20. The maximum atomic E-state index is 13.6. The number of benzene rings is 3. The Morgan fingerprint density at radius 2 is 1.69 bits per heavy atom. The molecule has 6 aromatic rings. The van der Waals surface area contributed by atoms with Gasteiger partial charge in [-0.3, -0.25) is 9.48 Å². The Bertz CT molecular complexity index is 1930. The van der Waals surface area contributed by atoms with Gasteiger partial charge in [-0.2, -0.15) is 0 Å². The third kappa shape index (κ3) is 4.49. The molecule has 0 aliphatic rings. The molecule has 0 unspecified atom stereocenters. The average molecular weight is 534 g/mol. The van der Waals surface area contributed by atoms with Crippen molar-refractivity contribution in [3.8, 4) is 16.9 Å². The van der Waals surface area contributed by atoms with Gasteiger partial charge in [0.2, 0.25) is 0 Å². The molecule has 7 heteroatoms. The lowest BCUT2D eigenvalue weighted by Gasteiger charge is -2.11. The van der Waals surface area contributed by atoms with E-state index in [0.29, 0.717) is 5.69 Å². The van der Waals surface area contributed by atoms with Crippen LogP contribution in [0.1, 0.15) is 22.4 Å². The highest BCUT2D eigenvalue weighted by molar-refractivity contribution is 7.07. The molecule has 1 N–H and O–H groups in total. The van der Waals surface area contributed by atoms with Crippen LogP contribution in [0, 0.1) is 20.8 Å². The average Bonchev–Trinajstić information content (AvgIpc) is 3.61. The third-order valence-electron chi connectivity index (χ3n) is 7.61. The second kappa shape index (κ2) is 10.1. The number of nitrogens with zero attached hydrogens (tertiary/aromatic N) is 4. The van der Waals surface area contributed by atoms with Crippen LogP contribution in [0.3, 0.4) is 0 Å². The number of para-hydroxylation sites is 2. The topological polar surface area (TPSA) is 60.0 Å². The maximum absolute atomic E-state index is 13.6. The fourth-order valence-corrected chi connectivity index (χ4v) is 6.06. The molecule has 39 heavy (non-hydrogen) atoms. The Labute approximate surface area is 231 Å². The van der Waals surface area contributed by atoms with Crippen LogP contribution in [-0.2, 0) is 20.0 Å². The minimum Gasteiger partial charge on any atom is -0.361 e. The Hall–Kier alpha value is -4.36. The minimum atomic E-state index is -0.120. The van der Waals surface area contributed by atoms with Gasteiger partial charge in [0.25, 0.3) is 5.56 Å². The van der Waals surface area contributed by atoms with Gasteiger partial charge in [-0.1, -0.05) is 48.5 Å². The van der Waals surface area contributed by atoms with E-state index in [1.807, 2.05) is 49.0 Å². The van der Waals surface area contributed by atoms with Crippen LogP contribution in [0.5, 0.6) is 0 Å². The van der Waals surface area contributed by atoms with Gasteiger partial charge in [-0.25, -0.2) is 9.67 Å². The van der Waals surface area contributed by atoms with Gasteiger partial charge < -0.3 is 9.55 Å². The Balaban J connectivity index is 1.49. The van der Waals surface area contributed by atoms with E-state index in [-0.39, 0.29) is 5.56 Å². The van der Waals surface area contributed by atoms with Crippen molar-refractivity contribution in [1.82, 2.24) is 18.9 Å². The van der Waals surface area contributed by atoms with E-state index >= 15 is 0 Å². The zero-order chi connectivity index (χ0) is 27.1. The lowest BCUT2D eigenvalue weighted by molar-refractivity contribution is 0.630. The fraction of sp³-hybridized carbons (Fsp3) is 0.188. The Morgan fingerprint density at radius 1 is 0.923 bits per heavy atom. The molecule has 3 aromatic carbocycles. The first kappa shape index (κ1) is 24.9. The molecule has 0 radical (unpaired) electrons. The number of H-pyrrole nitrogens is 1. The van der Waals surface area contributed by atoms with Gasteiger partial charge in [0, 0.05) is 36.1 Å². The Morgan fingerprint density at radius 3 is 2.49 bits per heavy atom. The highest BCUT2D eigenvalue weighted by Gasteiger charge is 2.17. The standard InChI is InChI=1S/C32H31N5OS/c1-21-14-15-24(18-22(21)2)29-20-39-32(36(29)17-16-25-19-33-28-13-9-8-12-27(25)28)34-30-23(3)35(4)37(31(30)38)26-10-6-5-7-11-26/h5-15,18-20,33H,16-17H2,1-4H3. The molecule has 0 amide bonds. The fourth-order valence-electron chi connectivity index (χ4n) is 5.12. The first-order chi connectivity index (χ1) is 18.9. The second-order valence-corrected chi connectivity index (χ2v) is 10.8. The van der Waals surface area contributed by atoms with E-state index in [2.05, 4.69) is 77.4 Å². The van der Waals surface area contributed by atoms with E-state index < -0.39 is 0 Å². The Kier molecular flexibility index (Phi) is 6.45. The summed E-state index contributed by atoms with van der Waals surface area (Å²) >= 11 is 1.58. The monoisotopic (exact) mass is 533 g/mol. The molecular formula is C32H31N5OS. The summed E-state index contributed by atoms with van der Waals surface area (Å²) in [7, 11) is 1.91. The molecule has 0 saturated carbocycles. The molecule has 0 spiro atoms. The molecule has 0 saturated heterocycles. The molecule has 3 aromatic heterocycles. The first-order valence-electron chi connectivity index (χ1n) is 13.1. The quantitative estimate of drug-likeness (QED) is 0.258. The largest absolute Gasteiger partial charge is 0.361 e. The summed E-state index contributed by atoms with van der Waals surface area (Å²) < 4.78 is 5.82. The van der Waals surface area contributed by atoms with E-state index in [9.17, 15) is 4.79 Å². The molecule has 196 valence electrons. The van der Waals surface area contributed by atoms with Crippen molar-refractivity contribution in [3.05, 3.63) is 122 Å². The van der Waals surface area contributed by atoms with Crippen LogP contribution in [0.2, 0.25) is 0 Å². The number of aromatic amines is 1. The SMILES string of the molecule is Cc1ccc(-c2csc(=Nc3c(C)n(C)n(-c4ccccc4)c3=O)n2CCc2c[nH]c3ccccc23)cc1C. The van der Waals surface area contributed by atoms with Crippen molar-refractivity contribution < 1.29 is 0 Å². The van der Waals surface area contributed by atoms with Crippen molar-refractivity contribution >= 4 is 27.9 Å². The highest BCUT2D eigenvalue weighted by atomic mass is 32.1. The smallest absolute Gasteiger partial charge is 0.297 e. The van der Waals surface area contributed by atoms with E-state index in [1.54, 1.807) is 16.0 Å². The predicted octanol–water partition coefficient (Wildman–Crippen LogP) is 6.59. The van der Waals surface area contributed by atoms with Gasteiger partial charge in [0.1, 0.15) is 0 Å². The van der Waals surface area contributed by atoms with Crippen molar-refractivity contribution in [2.45, 2.75) is 33.7 Å². The zero-order valence-corrected chi connectivity index (χ0v) is 23.4. The maximum Gasteiger partial charge on any atom is 0.297 e. The highest BCUT2D eigenvalue weighted by Crippen LogP contribution is 2.25. The molecule has 3 heterocycles. The van der Waals surface area contributed by atoms with Crippen LogP contribution in [0.15, 0.2) is 94.2 Å². The number of thiazole rings is 1. The van der Waals surface area contributed by atoms with Crippen LogP contribution in [-0.4, -0.2) is 18.9 Å². The van der Waals surface area contributed by atoms with Gasteiger partial charge in [0.15, 0.2) is 10.5 Å². The van der Waals surface area contributed by atoms with Crippen molar-refractivity contribution in [3.63, 3.8) is 0 Å². The molecule has 0 aliphatic carbocycles. The lowest BCUT2D eigenvalue weighted by Crippen LogP contribution is -2.20. The lowest BCUT2D eigenvalue weighted by atomic mass is 10.0. The van der Waals surface area contributed by atoms with Crippen LogP contribution >= 0.6 is 11.3 Å². The molecule has 6 nitrogen and oxygen atoms in total. The van der Waals surface area contributed by atoms with E-state index in [4.69, 9.17) is 4.99 Å². The zero-order valence-electron chi connectivity index (χ0n) is 22.6. The number of hydrogen-bond donors (Lipinski definition) is 1. The number of rotatable bonds is 6. The number of aryl methyl sites for hydroxylation is 3. The second-order valence-electron chi connectivity index (χ2n) is 9.99.